The minimum Gasteiger partial charge on any atom is -0.287 e. The Balaban J connectivity index is 2.00. The molecular weight excluding hydrogens is 348 g/mol. The van der Waals surface area contributed by atoms with Crippen molar-refractivity contribution in [2.45, 2.75) is 6.92 Å². The van der Waals surface area contributed by atoms with Crippen LogP contribution in [0.1, 0.15) is 21.6 Å². The molecule has 3 aromatic carbocycles. The highest BCUT2D eigenvalue weighted by molar-refractivity contribution is 6.08. The Morgan fingerprint density at radius 2 is 1.32 bits per heavy atom. The van der Waals surface area contributed by atoms with Crippen LogP contribution in [0.25, 0.3) is 17.1 Å². The first kappa shape index (κ1) is 17.6. The summed E-state index contributed by atoms with van der Waals surface area (Å²) in [7, 11) is 0. The fourth-order valence-corrected chi connectivity index (χ4v) is 3.15. The van der Waals surface area contributed by atoms with Gasteiger partial charge in [0, 0.05) is 16.7 Å². The van der Waals surface area contributed by atoms with Crippen molar-refractivity contribution in [3.8, 4) is 17.1 Å². The Hall–Kier alpha value is -3.79. The lowest BCUT2D eigenvalue weighted by molar-refractivity contribution is 0.103. The molecule has 4 nitrogen and oxygen atoms in total. The molecule has 0 aliphatic carbocycles. The highest BCUT2D eigenvalue weighted by Crippen LogP contribution is 2.21. The van der Waals surface area contributed by atoms with E-state index >= 15 is 0 Å². The topological polar surface area (TPSA) is 52.0 Å². The van der Waals surface area contributed by atoms with Crippen molar-refractivity contribution in [1.82, 2.24) is 9.55 Å². The van der Waals surface area contributed by atoms with Crippen LogP contribution in [0, 0.1) is 6.92 Å². The third-order valence-electron chi connectivity index (χ3n) is 4.61. The van der Waals surface area contributed by atoms with Crippen LogP contribution in [0.4, 0.5) is 0 Å². The molecule has 0 bridgehead atoms. The van der Waals surface area contributed by atoms with E-state index in [1.165, 1.54) is 0 Å². The van der Waals surface area contributed by atoms with Gasteiger partial charge in [0.05, 0.1) is 5.69 Å². The second-order valence-corrected chi connectivity index (χ2v) is 6.45. The molecular formula is C24H18N2O2. The number of nitrogens with zero attached hydrogens (tertiary/aromatic N) is 2. The van der Waals surface area contributed by atoms with Gasteiger partial charge < -0.3 is 0 Å². The SMILES string of the molecule is Cc1c(C(=O)c2ccccc2)nc(-c2ccccc2)n(-c2ccccc2)c1=O. The van der Waals surface area contributed by atoms with Gasteiger partial charge in [-0.1, -0.05) is 78.9 Å². The zero-order valence-electron chi connectivity index (χ0n) is 15.4. The van der Waals surface area contributed by atoms with Crippen LogP contribution in [0.2, 0.25) is 0 Å². The average molecular weight is 366 g/mol. The lowest BCUT2D eigenvalue weighted by Gasteiger charge is -2.15. The summed E-state index contributed by atoms with van der Waals surface area (Å²) in [6.07, 6.45) is 0. The predicted molar refractivity (Wildman–Crippen MR) is 110 cm³/mol. The summed E-state index contributed by atoms with van der Waals surface area (Å²) >= 11 is 0. The van der Waals surface area contributed by atoms with Gasteiger partial charge in [0.15, 0.2) is 0 Å². The van der Waals surface area contributed by atoms with E-state index in [1.54, 1.807) is 35.8 Å². The molecule has 0 saturated carbocycles. The fraction of sp³-hybridized carbons (Fsp3) is 0.0417. The molecule has 4 heteroatoms. The number of ketones is 1. The Kier molecular flexibility index (Phi) is 4.68. The molecule has 4 aromatic rings. The van der Waals surface area contributed by atoms with Gasteiger partial charge in [-0.05, 0) is 19.1 Å². The predicted octanol–water partition coefficient (Wildman–Crippen LogP) is 4.44. The number of para-hydroxylation sites is 1. The Morgan fingerprint density at radius 3 is 1.93 bits per heavy atom. The number of hydrogen-bond acceptors (Lipinski definition) is 3. The zero-order chi connectivity index (χ0) is 19.5. The first-order valence-corrected chi connectivity index (χ1v) is 9.01. The van der Waals surface area contributed by atoms with E-state index in [4.69, 9.17) is 0 Å². The normalized spacial score (nSPS) is 10.6. The average Bonchev–Trinajstić information content (AvgIpc) is 2.77. The lowest BCUT2D eigenvalue weighted by Crippen LogP contribution is -2.27. The van der Waals surface area contributed by atoms with E-state index in [1.807, 2.05) is 66.7 Å². The highest BCUT2D eigenvalue weighted by Gasteiger charge is 2.21. The van der Waals surface area contributed by atoms with Gasteiger partial charge in [-0.2, -0.15) is 0 Å². The first-order valence-electron chi connectivity index (χ1n) is 9.01. The number of benzene rings is 3. The Morgan fingerprint density at radius 1 is 0.786 bits per heavy atom. The van der Waals surface area contributed by atoms with E-state index in [0.717, 1.165) is 5.56 Å². The number of aromatic nitrogens is 2. The van der Waals surface area contributed by atoms with Gasteiger partial charge in [-0.15, -0.1) is 0 Å². The largest absolute Gasteiger partial charge is 0.287 e. The maximum Gasteiger partial charge on any atom is 0.262 e. The van der Waals surface area contributed by atoms with Crippen molar-refractivity contribution in [2.24, 2.45) is 0 Å². The van der Waals surface area contributed by atoms with Gasteiger partial charge in [0.25, 0.3) is 5.56 Å². The zero-order valence-corrected chi connectivity index (χ0v) is 15.4. The van der Waals surface area contributed by atoms with E-state index in [2.05, 4.69) is 4.98 Å². The molecule has 0 aliphatic rings. The summed E-state index contributed by atoms with van der Waals surface area (Å²) in [6.45, 7) is 1.65. The molecule has 0 unspecified atom stereocenters. The molecule has 0 atom stereocenters. The maximum atomic E-state index is 13.3. The van der Waals surface area contributed by atoms with Crippen molar-refractivity contribution < 1.29 is 4.79 Å². The number of carbonyl (C=O) groups excluding carboxylic acids is 1. The lowest BCUT2D eigenvalue weighted by atomic mass is 10.0. The van der Waals surface area contributed by atoms with Gasteiger partial charge >= 0.3 is 0 Å². The summed E-state index contributed by atoms with van der Waals surface area (Å²) in [5.41, 5.74) is 2.25. The molecule has 0 fully saturated rings. The van der Waals surface area contributed by atoms with Crippen LogP contribution < -0.4 is 5.56 Å². The van der Waals surface area contributed by atoms with E-state index in [-0.39, 0.29) is 17.0 Å². The third-order valence-corrected chi connectivity index (χ3v) is 4.61. The molecule has 0 saturated heterocycles. The van der Waals surface area contributed by atoms with Crippen LogP contribution >= 0.6 is 0 Å². The second-order valence-electron chi connectivity index (χ2n) is 6.45. The van der Waals surface area contributed by atoms with Crippen LogP contribution in [-0.2, 0) is 0 Å². The van der Waals surface area contributed by atoms with Gasteiger partial charge in [0.1, 0.15) is 11.5 Å². The molecule has 0 spiro atoms. The van der Waals surface area contributed by atoms with Crippen LogP contribution in [0.5, 0.6) is 0 Å². The molecule has 0 aliphatic heterocycles. The molecule has 28 heavy (non-hydrogen) atoms. The fourth-order valence-electron chi connectivity index (χ4n) is 3.15. The number of carbonyl (C=O) groups is 1. The molecule has 0 amide bonds. The standard InChI is InChI=1S/C24H18N2O2/c1-17-21(22(27)18-11-5-2-6-12-18)25-23(19-13-7-3-8-14-19)26(24(17)28)20-15-9-4-10-16-20/h2-16H,1H3. The van der Waals surface area contributed by atoms with E-state index in [9.17, 15) is 9.59 Å². The van der Waals surface area contributed by atoms with E-state index in [0.29, 0.717) is 22.6 Å². The third kappa shape index (κ3) is 3.16. The molecule has 1 aromatic heterocycles. The summed E-state index contributed by atoms with van der Waals surface area (Å²) in [5, 5.41) is 0. The van der Waals surface area contributed by atoms with Crippen LogP contribution in [-0.4, -0.2) is 15.3 Å². The van der Waals surface area contributed by atoms with Gasteiger partial charge in [-0.3, -0.25) is 14.2 Å². The Labute approximate surface area is 162 Å². The maximum absolute atomic E-state index is 13.3. The molecule has 4 rings (SSSR count). The van der Waals surface area contributed by atoms with E-state index < -0.39 is 0 Å². The first-order chi connectivity index (χ1) is 13.7. The Bertz CT molecular complexity index is 1180. The number of hydrogen-bond donors (Lipinski definition) is 0. The van der Waals surface area contributed by atoms with Crippen LogP contribution in [0.3, 0.4) is 0 Å². The monoisotopic (exact) mass is 366 g/mol. The van der Waals surface area contributed by atoms with Gasteiger partial charge in [-0.25, -0.2) is 4.98 Å². The second kappa shape index (κ2) is 7.45. The molecule has 1 heterocycles. The summed E-state index contributed by atoms with van der Waals surface area (Å²) in [5.74, 6) is 0.189. The molecule has 0 N–H and O–H groups in total. The quantitative estimate of drug-likeness (QED) is 0.502. The van der Waals surface area contributed by atoms with Crippen molar-refractivity contribution in [1.29, 1.82) is 0 Å². The molecule has 136 valence electrons. The molecule has 0 radical (unpaired) electrons. The minimum absolute atomic E-state index is 0.183. The smallest absolute Gasteiger partial charge is 0.262 e. The van der Waals surface area contributed by atoms with Crippen LogP contribution in [0.15, 0.2) is 95.8 Å². The van der Waals surface area contributed by atoms with Crippen molar-refractivity contribution in [3.63, 3.8) is 0 Å². The van der Waals surface area contributed by atoms with Crippen molar-refractivity contribution in [3.05, 3.63) is 118 Å². The number of rotatable bonds is 4. The summed E-state index contributed by atoms with van der Waals surface area (Å²) < 4.78 is 1.56. The minimum atomic E-state index is -0.257. The summed E-state index contributed by atoms with van der Waals surface area (Å²) in [6, 6.07) is 27.7. The van der Waals surface area contributed by atoms with Gasteiger partial charge in [0.2, 0.25) is 5.78 Å². The summed E-state index contributed by atoms with van der Waals surface area (Å²) in [4.78, 5) is 31.0. The van der Waals surface area contributed by atoms with Crippen molar-refractivity contribution in [2.75, 3.05) is 0 Å². The van der Waals surface area contributed by atoms with Crippen molar-refractivity contribution >= 4 is 5.78 Å². The highest BCUT2D eigenvalue weighted by atomic mass is 16.1.